The minimum absolute atomic E-state index is 0.0461. The van der Waals surface area contributed by atoms with Crippen LogP contribution in [0.15, 0.2) is 40.6 Å². The molecule has 6 nitrogen and oxygen atoms in total. The maximum absolute atomic E-state index is 12.1. The van der Waals surface area contributed by atoms with Crippen molar-refractivity contribution in [1.82, 2.24) is 5.32 Å². The molecule has 1 atom stereocenters. The number of ether oxygens (including phenoxy) is 1. The van der Waals surface area contributed by atoms with Gasteiger partial charge in [-0.25, -0.2) is 13.2 Å². The van der Waals surface area contributed by atoms with E-state index >= 15 is 0 Å². The van der Waals surface area contributed by atoms with E-state index in [9.17, 15) is 18.0 Å². The molecule has 1 N–H and O–H groups in total. The normalized spacial score (nSPS) is 12.4. The Hall–Kier alpha value is -1.90. The second-order valence-electron chi connectivity index (χ2n) is 5.29. The summed E-state index contributed by atoms with van der Waals surface area (Å²) in [6, 6.07) is 7.28. The Balaban J connectivity index is 1.99. The van der Waals surface area contributed by atoms with Crippen molar-refractivity contribution in [1.29, 1.82) is 0 Å². The maximum atomic E-state index is 12.1. The highest BCUT2D eigenvalue weighted by molar-refractivity contribution is 7.90. The zero-order valence-corrected chi connectivity index (χ0v) is 15.9. The molecule has 0 radical (unpaired) electrons. The van der Waals surface area contributed by atoms with Crippen molar-refractivity contribution < 1.29 is 22.7 Å². The number of esters is 1. The first-order chi connectivity index (χ1) is 11.7. The van der Waals surface area contributed by atoms with E-state index in [1.54, 1.807) is 0 Å². The van der Waals surface area contributed by atoms with Crippen LogP contribution in [0.3, 0.4) is 0 Å². The molecule has 0 fully saturated rings. The van der Waals surface area contributed by atoms with Gasteiger partial charge in [0.1, 0.15) is 0 Å². The molecule has 0 saturated carbocycles. The summed E-state index contributed by atoms with van der Waals surface area (Å²) in [4.78, 5) is 24.9. The number of rotatable bonds is 6. The molecule has 0 spiro atoms. The van der Waals surface area contributed by atoms with Gasteiger partial charge in [-0.2, -0.15) is 0 Å². The Kier molecular flexibility index (Phi) is 6.21. The van der Waals surface area contributed by atoms with Crippen molar-refractivity contribution in [2.75, 3.05) is 12.9 Å². The van der Waals surface area contributed by atoms with E-state index in [0.29, 0.717) is 0 Å². The Morgan fingerprint density at radius 2 is 2.04 bits per heavy atom. The van der Waals surface area contributed by atoms with Crippen LogP contribution in [0.25, 0.3) is 0 Å². The van der Waals surface area contributed by atoms with Crippen LogP contribution in [0.2, 0.25) is 5.02 Å². The van der Waals surface area contributed by atoms with Gasteiger partial charge in [0.25, 0.3) is 5.91 Å². The van der Waals surface area contributed by atoms with E-state index < -0.39 is 28.3 Å². The molecule has 2 aromatic rings. The van der Waals surface area contributed by atoms with Gasteiger partial charge < -0.3 is 10.1 Å². The van der Waals surface area contributed by atoms with E-state index in [-0.39, 0.29) is 21.5 Å². The molecule has 0 bridgehead atoms. The lowest BCUT2D eigenvalue weighted by atomic mass is 10.2. The third-order valence-electron chi connectivity index (χ3n) is 3.27. The van der Waals surface area contributed by atoms with Gasteiger partial charge in [0.15, 0.2) is 16.4 Å². The summed E-state index contributed by atoms with van der Waals surface area (Å²) in [7, 11) is -3.49. The van der Waals surface area contributed by atoms with Gasteiger partial charge in [0, 0.05) is 11.1 Å². The second kappa shape index (κ2) is 7.99. The molecule has 0 aliphatic carbocycles. The largest absolute Gasteiger partial charge is 0.452 e. The molecule has 0 saturated heterocycles. The first-order valence-corrected chi connectivity index (χ1v) is 10.3. The highest BCUT2D eigenvalue weighted by Crippen LogP contribution is 2.21. The van der Waals surface area contributed by atoms with Crippen LogP contribution in [-0.2, 0) is 19.4 Å². The van der Waals surface area contributed by atoms with E-state index in [1.165, 1.54) is 23.5 Å². The molecule has 0 aliphatic rings. The van der Waals surface area contributed by atoms with E-state index in [2.05, 4.69) is 5.32 Å². The predicted molar refractivity (Wildman–Crippen MR) is 95.7 cm³/mol. The Morgan fingerprint density at radius 1 is 1.32 bits per heavy atom. The van der Waals surface area contributed by atoms with Gasteiger partial charge >= 0.3 is 5.97 Å². The van der Waals surface area contributed by atoms with Crippen LogP contribution >= 0.6 is 22.9 Å². The standard InChI is InChI=1S/C16H16ClNO5S2/c1-10(14-4-3-7-24-14)18-15(19)9-23-16(20)12-8-11(25(2,21)22)5-6-13(12)17/h3-8,10H,9H2,1-2H3,(H,18,19). The van der Waals surface area contributed by atoms with Crippen LogP contribution in [0.5, 0.6) is 0 Å². The molecule has 1 unspecified atom stereocenters. The van der Waals surface area contributed by atoms with Crippen LogP contribution in [0, 0.1) is 0 Å². The molecular weight excluding hydrogens is 386 g/mol. The highest BCUT2D eigenvalue weighted by Gasteiger charge is 2.18. The minimum Gasteiger partial charge on any atom is -0.452 e. The van der Waals surface area contributed by atoms with Gasteiger partial charge in [-0.15, -0.1) is 11.3 Å². The number of amides is 1. The van der Waals surface area contributed by atoms with Crippen molar-refractivity contribution in [3.05, 3.63) is 51.2 Å². The monoisotopic (exact) mass is 401 g/mol. The molecule has 1 aromatic carbocycles. The van der Waals surface area contributed by atoms with Crippen LogP contribution in [0.1, 0.15) is 28.2 Å². The number of benzene rings is 1. The van der Waals surface area contributed by atoms with Crippen molar-refractivity contribution >= 4 is 44.7 Å². The Bertz CT molecular complexity index is 878. The molecule has 1 amide bonds. The van der Waals surface area contributed by atoms with Gasteiger partial charge in [-0.3, -0.25) is 4.79 Å². The van der Waals surface area contributed by atoms with Crippen molar-refractivity contribution in [3.8, 4) is 0 Å². The topological polar surface area (TPSA) is 89.5 Å². The lowest BCUT2D eigenvalue weighted by molar-refractivity contribution is -0.124. The zero-order valence-electron chi connectivity index (χ0n) is 13.5. The smallest absolute Gasteiger partial charge is 0.340 e. The zero-order chi connectivity index (χ0) is 18.6. The second-order valence-corrected chi connectivity index (χ2v) is 8.70. The van der Waals surface area contributed by atoms with Gasteiger partial charge in [-0.1, -0.05) is 17.7 Å². The predicted octanol–water partition coefficient (Wildman–Crippen LogP) is 2.84. The average Bonchev–Trinajstić information content (AvgIpc) is 3.06. The molecule has 1 aromatic heterocycles. The quantitative estimate of drug-likeness (QED) is 0.751. The number of sulfone groups is 1. The number of nitrogens with one attached hydrogen (secondary N) is 1. The average molecular weight is 402 g/mol. The molecule has 0 aliphatic heterocycles. The van der Waals surface area contributed by atoms with Crippen LogP contribution in [-0.4, -0.2) is 33.2 Å². The summed E-state index contributed by atoms with van der Waals surface area (Å²) in [6.07, 6.45) is 1.02. The summed E-state index contributed by atoms with van der Waals surface area (Å²) in [6.45, 7) is 1.33. The van der Waals surface area contributed by atoms with Crippen molar-refractivity contribution in [2.45, 2.75) is 17.9 Å². The minimum atomic E-state index is -3.49. The maximum Gasteiger partial charge on any atom is 0.340 e. The fourth-order valence-corrected chi connectivity index (χ4v) is 3.57. The SMILES string of the molecule is CC(NC(=O)COC(=O)c1cc(S(C)(=O)=O)ccc1Cl)c1cccs1. The van der Waals surface area contributed by atoms with Crippen molar-refractivity contribution in [3.63, 3.8) is 0 Å². The summed E-state index contributed by atoms with van der Waals surface area (Å²) in [5, 5.41) is 4.65. The number of carbonyl (C=O) groups is 2. The molecule has 25 heavy (non-hydrogen) atoms. The number of hydrogen-bond donors (Lipinski definition) is 1. The number of thiophene rings is 1. The van der Waals surface area contributed by atoms with Crippen LogP contribution in [0.4, 0.5) is 0 Å². The fourth-order valence-electron chi connectivity index (χ4n) is 1.99. The van der Waals surface area contributed by atoms with Crippen LogP contribution < -0.4 is 5.32 Å². The third kappa shape index (κ3) is 5.29. The van der Waals surface area contributed by atoms with Gasteiger partial charge in [-0.05, 0) is 36.6 Å². The summed E-state index contributed by atoms with van der Waals surface area (Å²) in [5.41, 5.74) is -0.108. The van der Waals surface area contributed by atoms with E-state index in [4.69, 9.17) is 16.3 Å². The molecule has 9 heteroatoms. The van der Waals surface area contributed by atoms with E-state index in [1.807, 2.05) is 24.4 Å². The molecule has 2 rings (SSSR count). The Morgan fingerprint density at radius 3 is 2.64 bits per heavy atom. The lowest BCUT2D eigenvalue weighted by Crippen LogP contribution is -2.30. The third-order valence-corrected chi connectivity index (χ3v) is 5.76. The van der Waals surface area contributed by atoms with Gasteiger partial charge in [0.2, 0.25) is 0 Å². The molecular formula is C16H16ClNO5S2. The summed E-state index contributed by atoms with van der Waals surface area (Å²) in [5.74, 6) is -1.33. The number of halogens is 1. The fraction of sp³-hybridized carbons (Fsp3) is 0.250. The van der Waals surface area contributed by atoms with E-state index in [0.717, 1.165) is 17.2 Å². The lowest BCUT2D eigenvalue weighted by Gasteiger charge is -2.12. The Labute approximate surface area is 154 Å². The number of hydrogen-bond acceptors (Lipinski definition) is 6. The molecule has 1 heterocycles. The first kappa shape index (κ1) is 19.4. The summed E-state index contributed by atoms with van der Waals surface area (Å²) >= 11 is 7.42. The van der Waals surface area contributed by atoms with Crippen molar-refractivity contribution in [2.24, 2.45) is 0 Å². The summed E-state index contributed by atoms with van der Waals surface area (Å²) < 4.78 is 28.1. The van der Waals surface area contributed by atoms with Gasteiger partial charge in [0.05, 0.1) is 21.5 Å². The highest BCUT2D eigenvalue weighted by atomic mass is 35.5. The number of carbonyl (C=O) groups excluding carboxylic acids is 2. The molecule has 134 valence electrons. The first-order valence-electron chi connectivity index (χ1n) is 7.18.